The van der Waals surface area contributed by atoms with E-state index in [1.165, 1.54) is 11.3 Å². The van der Waals surface area contributed by atoms with Crippen LogP contribution in [0.2, 0.25) is 4.34 Å². The number of aromatic carboxylic acids is 1. The van der Waals surface area contributed by atoms with Crippen molar-refractivity contribution in [1.82, 2.24) is 0 Å². The van der Waals surface area contributed by atoms with E-state index in [0.29, 0.717) is 6.54 Å². The van der Waals surface area contributed by atoms with Gasteiger partial charge in [0.1, 0.15) is 0 Å². The number of hydrogen-bond acceptors (Lipinski definition) is 3. The number of carboxylic acids is 1. The number of thiophene rings is 1. The molecule has 0 aliphatic heterocycles. The summed E-state index contributed by atoms with van der Waals surface area (Å²) in [5.41, 5.74) is 1.11. The average molecular weight is 361 g/mol. The predicted octanol–water partition coefficient (Wildman–Crippen LogP) is 4.50. The molecule has 0 amide bonds. The second-order valence-electron chi connectivity index (χ2n) is 4.07. The lowest BCUT2D eigenvalue weighted by atomic mass is 10.2. The van der Waals surface area contributed by atoms with Gasteiger partial charge in [0, 0.05) is 22.1 Å². The van der Waals surface area contributed by atoms with Gasteiger partial charge in [-0.1, -0.05) is 27.5 Å². The summed E-state index contributed by atoms with van der Waals surface area (Å²) in [5, 5.41) is 9.05. The number of hydrogen-bond donors (Lipinski definition) is 1. The number of carboxylic acid groups (broad SMARTS) is 1. The summed E-state index contributed by atoms with van der Waals surface area (Å²) in [5.74, 6) is -0.935. The molecule has 0 fully saturated rings. The van der Waals surface area contributed by atoms with Crippen LogP contribution in [0.3, 0.4) is 0 Å². The monoisotopic (exact) mass is 359 g/mol. The third-order valence-corrected chi connectivity index (χ3v) is 4.27. The van der Waals surface area contributed by atoms with Crippen LogP contribution >= 0.6 is 38.9 Å². The number of halogens is 2. The van der Waals surface area contributed by atoms with E-state index in [2.05, 4.69) is 15.9 Å². The molecule has 100 valence electrons. The lowest BCUT2D eigenvalue weighted by Crippen LogP contribution is -2.16. The van der Waals surface area contributed by atoms with Crippen molar-refractivity contribution in [1.29, 1.82) is 0 Å². The van der Waals surface area contributed by atoms with Crippen molar-refractivity contribution in [2.24, 2.45) is 0 Å². The molecule has 2 aromatic rings. The Kier molecular flexibility index (Phi) is 4.50. The Labute approximate surface area is 128 Å². The second kappa shape index (κ2) is 5.94. The Morgan fingerprint density at radius 3 is 2.74 bits per heavy atom. The minimum Gasteiger partial charge on any atom is -0.478 e. The zero-order valence-corrected chi connectivity index (χ0v) is 13.2. The maximum atomic E-state index is 11.0. The van der Waals surface area contributed by atoms with Crippen molar-refractivity contribution >= 4 is 50.5 Å². The van der Waals surface area contributed by atoms with Gasteiger partial charge in [0.2, 0.25) is 0 Å². The molecule has 2 rings (SSSR count). The lowest BCUT2D eigenvalue weighted by Gasteiger charge is -2.19. The number of benzene rings is 1. The smallest absolute Gasteiger partial charge is 0.335 e. The Morgan fingerprint density at radius 1 is 1.42 bits per heavy atom. The molecule has 1 aromatic carbocycles. The fraction of sp³-hybridized carbons (Fsp3) is 0.154. The molecule has 6 heteroatoms. The van der Waals surface area contributed by atoms with Crippen molar-refractivity contribution in [3.05, 3.63) is 49.6 Å². The van der Waals surface area contributed by atoms with Crippen LogP contribution in [0, 0.1) is 0 Å². The first-order valence-electron chi connectivity index (χ1n) is 5.45. The van der Waals surface area contributed by atoms with Crippen LogP contribution in [0.25, 0.3) is 0 Å². The van der Waals surface area contributed by atoms with Gasteiger partial charge in [0.15, 0.2) is 0 Å². The standard InChI is InChI=1S/C13H11BrClNO2S/c1-16(7-11-2-3-12(15)19-11)10-5-8(13(17)18)4-9(14)6-10/h2-6H,7H2,1H3,(H,17,18). The normalized spacial score (nSPS) is 10.5. The molecule has 0 spiro atoms. The lowest BCUT2D eigenvalue weighted by molar-refractivity contribution is 0.0697. The Balaban J connectivity index is 2.23. The summed E-state index contributed by atoms with van der Waals surface area (Å²) < 4.78 is 1.50. The fourth-order valence-corrected chi connectivity index (χ4v) is 3.30. The van der Waals surface area contributed by atoms with Crippen LogP contribution < -0.4 is 4.90 Å². The number of carbonyl (C=O) groups is 1. The van der Waals surface area contributed by atoms with Gasteiger partial charge < -0.3 is 10.0 Å². The SMILES string of the molecule is CN(Cc1ccc(Cl)s1)c1cc(Br)cc(C(=O)O)c1. The van der Waals surface area contributed by atoms with E-state index in [4.69, 9.17) is 16.7 Å². The van der Waals surface area contributed by atoms with Gasteiger partial charge in [-0.15, -0.1) is 11.3 Å². The first-order valence-corrected chi connectivity index (χ1v) is 7.43. The maximum Gasteiger partial charge on any atom is 0.335 e. The van der Waals surface area contributed by atoms with Crippen molar-refractivity contribution in [3.63, 3.8) is 0 Å². The van der Waals surface area contributed by atoms with Crippen molar-refractivity contribution in [2.45, 2.75) is 6.54 Å². The van der Waals surface area contributed by atoms with Gasteiger partial charge >= 0.3 is 5.97 Å². The average Bonchev–Trinajstić information content (AvgIpc) is 2.73. The third-order valence-electron chi connectivity index (χ3n) is 2.59. The molecule has 3 nitrogen and oxygen atoms in total. The molecular formula is C13H11BrClNO2S. The van der Waals surface area contributed by atoms with Crippen LogP contribution in [0.1, 0.15) is 15.2 Å². The zero-order chi connectivity index (χ0) is 14.0. The minimum atomic E-state index is -0.935. The quantitative estimate of drug-likeness (QED) is 0.873. The first-order chi connectivity index (χ1) is 8.95. The molecule has 0 bridgehead atoms. The summed E-state index contributed by atoms with van der Waals surface area (Å²) >= 11 is 10.7. The van der Waals surface area contributed by atoms with Gasteiger partial charge in [-0.3, -0.25) is 0 Å². The van der Waals surface area contributed by atoms with Gasteiger partial charge in [0.05, 0.1) is 16.4 Å². The first kappa shape index (κ1) is 14.4. The van der Waals surface area contributed by atoms with E-state index in [1.54, 1.807) is 12.1 Å². The van der Waals surface area contributed by atoms with Crippen LogP contribution in [0.4, 0.5) is 5.69 Å². The van der Waals surface area contributed by atoms with Gasteiger partial charge in [-0.05, 0) is 30.3 Å². The van der Waals surface area contributed by atoms with Crippen molar-refractivity contribution in [2.75, 3.05) is 11.9 Å². The van der Waals surface area contributed by atoms with Gasteiger partial charge in [0.25, 0.3) is 0 Å². The minimum absolute atomic E-state index is 0.264. The molecule has 0 saturated heterocycles. The van der Waals surface area contributed by atoms with E-state index in [-0.39, 0.29) is 5.56 Å². The summed E-state index contributed by atoms with van der Waals surface area (Å²) in [6.45, 7) is 0.687. The summed E-state index contributed by atoms with van der Waals surface area (Å²) in [7, 11) is 1.92. The summed E-state index contributed by atoms with van der Waals surface area (Å²) in [6.07, 6.45) is 0. The third kappa shape index (κ3) is 3.72. The molecule has 1 aromatic heterocycles. The van der Waals surface area contributed by atoms with Crippen LogP contribution in [-0.4, -0.2) is 18.1 Å². The Hall–Kier alpha value is -1.04. The highest BCUT2D eigenvalue weighted by molar-refractivity contribution is 9.10. The topological polar surface area (TPSA) is 40.5 Å². The largest absolute Gasteiger partial charge is 0.478 e. The Morgan fingerprint density at radius 2 is 2.16 bits per heavy atom. The maximum absolute atomic E-state index is 11.0. The number of nitrogens with zero attached hydrogens (tertiary/aromatic N) is 1. The molecule has 19 heavy (non-hydrogen) atoms. The molecule has 1 heterocycles. The highest BCUT2D eigenvalue weighted by atomic mass is 79.9. The highest BCUT2D eigenvalue weighted by Gasteiger charge is 2.10. The van der Waals surface area contributed by atoms with Crippen molar-refractivity contribution in [3.8, 4) is 0 Å². The molecule has 0 unspecified atom stereocenters. The van der Waals surface area contributed by atoms with E-state index in [0.717, 1.165) is 19.4 Å². The molecule has 0 atom stereocenters. The van der Waals surface area contributed by atoms with Crippen LogP contribution in [0.5, 0.6) is 0 Å². The summed E-state index contributed by atoms with van der Waals surface area (Å²) in [6, 6.07) is 8.96. The molecule has 0 aliphatic carbocycles. The number of rotatable bonds is 4. The van der Waals surface area contributed by atoms with Crippen LogP contribution in [-0.2, 0) is 6.54 Å². The molecule has 1 N–H and O–H groups in total. The predicted molar refractivity (Wildman–Crippen MR) is 82.5 cm³/mol. The second-order valence-corrected chi connectivity index (χ2v) is 6.78. The van der Waals surface area contributed by atoms with Gasteiger partial charge in [-0.2, -0.15) is 0 Å². The molecule has 0 radical (unpaired) electrons. The van der Waals surface area contributed by atoms with E-state index in [1.807, 2.05) is 30.1 Å². The van der Waals surface area contributed by atoms with Gasteiger partial charge in [-0.25, -0.2) is 4.79 Å². The summed E-state index contributed by atoms with van der Waals surface area (Å²) in [4.78, 5) is 14.1. The van der Waals surface area contributed by atoms with Crippen molar-refractivity contribution < 1.29 is 9.90 Å². The molecular weight excluding hydrogens is 350 g/mol. The molecule has 0 aliphatic rings. The molecule has 0 saturated carbocycles. The Bertz CT molecular complexity index is 614. The zero-order valence-electron chi connectivity index (χ0n) is 10.1. The highest BCUT2D eigenvalue weighted by Crippen LogP contribution is 2.26. The fourth-order valence-electron chi connectivity index (χ4n) is 1.68. The van der Waals surface area contributed by atoms with Crippen LogP contribution in [0.15, 0.2) is 34.8 Å². The number of anilines is 1. The van der Waals surface area contributed by atoms with E-state index in [9.17, 15) is 4.79 Å². The van der Waals surface area contributed by atoms with E-state index >= 15 is 0 Å². The van der Waals surface area contributed by atoms with E-state index < -0.39 is 5.97 Å².